The lowest BCUT2D eigenvalue weighted by molar-refractivity contribution is -0.116. The van der Waals surface area contributed by atoms with Crippen LogP contribution in [0.2, 0.25) is 0 Å². The Kier molecular flexibility index (Phi) is 6.60. The van der Waals surface area contributed by atoms with Crippen LogP contribution in [0, 0.1) is 0 Å². The Morgan fingerprint density at radius 1 is 0.974 bits per heavy atom. The molecule has 3 amide bonds. The molecule has 4 aromatic rings. The molecule has 2 aromatic carbocycles. The largest absolute Gasteiger partial charge is 0.322 e. The van der Waals surface area contributed by atoms with Gasteiger partial charge in [0.2, 0.25) is 0 Å². The number of imide groups is 1. The number of ketones is 1. The minimum atomic E-state index is -1.01. The minimum absolute atomic E-state index is 0.0623. The summed E-state index contributed by atoms with van der Waals surface area (Å²) >= 11 is 0. The van der Waals surface area contributed by atoms with Crippen molar-refractivity contribution in [2.24, 2.45) is 0 Å². The van der Waals surface area contributed by atoms with E-state index in [1.807, 2.05) is 22.1 Å². The second kappa shape index (κ2) is 10.2. The van der Waals surface area contributed by atoms with E-state index in [4.69, 9.17) is 5.10 Å². The lowest BCUT2D eigenvalue weighted by atomic mass is 9.96. The monoisotopic (exact) mass is 512 g/mol. The van der Waals surface area contributed by atoms with Gasteiger partial charge in [-0.1, -0.05) is 31.2 Å². The number of amides is 3. The number of anilines is 1. The first-order valence-electron chi connectivity index (χ1n) is 12.1. The zero-order valence-corrected chi connectivity index (χ0v) is 20.7. The van der Waals surface area contributed by atoms with Crippen molar-refractivity contribution in [1.82, 2.24) is 35.7 Å². The predicted molar refractivity (Wildman–Crippen MR) is 135 cm³/mol. The lowest BCUT2D eigenvalue weighted by Crippen LogP contribution is -2.42. The fourth-order valence-corrected chi connectivity index (χ4v) is 4.51. The Morgan fingerprint density at radius 2 is 1.76 bits per heavy atom. The van der Waals surface area contributed by atoms with Gasteiger partial charge in [0, 0.05) is 34.5 Å². The zero-order chi connectivity index (χ0) is 26.8. The molecular formula is C26H24N8O4. The molecule has 0 atom stereocenters. The summed E-state index contributed by atoms with van der Waals surface area (Å²) in [6, 6.07) is 11.4. The van der Waals surface area contributed by atoms with Gasteiger partial charge in [-0.05, 0) is 48.7 Å². The van der Waals surface area contributed by atoms with E-state index in [-0.39, 0.29) is 16.7 Å². The maximum absolute atomic E-state index is 12.8. The van der Waals surface area contributed by atoms with Crippen molar-refractivity contribution in [1.29, 1.82) is 0 Å². The van der Waals surface area contributed by atoms with Gasteiger partial charge in [0.15, 0.2) is 5.82 Å². The Bertz CT molecular complexity index is 1550. The number of carbonyl (C=O) groups is 4. The van der Waals surface area contributed by atoms with Gasteiger partial charge in [0.05, 0.1) is 17.8 Å². The van der Waals surface area contributed by atoms with Gasteiger partial charge >= 0.3 is 0 Å². The fourth-order valence-electron chi connectivity index (χ4n) is 4.51. The normalized spacial score (nSPS) is 12.8. The topological polar surface area (TPSA) is 165 Å². The summed E-state index contributed by atoms with van der Waals surface area (Å²) in [5.41, 5.74) is 4.91. The summed E-state index contributed by atoms with van der Waals surface area (Å²) in [5.74, 6) is -2.37. The van der Waals surface area contributed by atoms with Crippen LogP contribution in [0.15, 0.2) is 42.5 Å². The molecule has 0 aliphatic carbocycles. The summed E-state index contributed by atoms with van der Waals surface area (Å²) in [6.45, 7) is 4.70. The average Bonchev–Trinajstić information content (AvgIpc) is 3.55. The molecule has 0 unspecified atom stereocenters. The van der Waals surface area contributed by atoms with E-state index in [9.17, 15) is 19.2 Å². The number of fused-ring (bicyclic) bond motifs is 1. The third-order valence-corrected chi connectivity index (χ3v) is 6.39. The first-order chi connectivity index (χ1) is 18.4. The van der Waals surface area contributed by atoms with Gasteiger partial charge in [0.25, 0.3) is 23.5 Å². The number of nitrogens with one attached hydrogen (secondary N) is 3. The number of H-pyrrole nitrogens is 1. The molecule has 12 nitrogen and oxygen atoms in total. The van der Waals surface area contributed by atoms with Crippen LogP contribution in [-0.4, -0.2) is 53.9 Å². The molecule has 3 N–H and O–H groups in total. The van der Waals surface area contributed by atoms with Crippen molar-refractivity contribution < 1.29 is 19.2 Å². The quantitative estimate of drug-likeness (QED) is 0.238. The van der Waals surface area contributed by atoms with Gasteiger partial charge in [-0.15, -0.1) is 10.2 Å². The number of hydrogen-bond donors (Lipinski definition) is 3. The van der Waals surface area contributed by atoms with Crippen molar-refractivity contribution in [3.05, 3.63) is 87.5 Å². The molecule has 0 spiro atoms. The fraction of sp³-hybridized carbons (Fsp3) is 0.231. The number of aromatic nitrogens is 6. The molecule has 0 saturated heterocycles. The molecule has 38 heavy (non-hydrogen) atoms. The van der Waals surface area contributed by atoms with Crippen LogP contribution >= 0.6 is 0 Å². The Balaban J connectivity index is 1.31. The average molecular weight is 513 g/mol. The van der Waals surface area contributed by atoms with E-state index in [0.717, 1.165) is 35.4 Å². The third-order valence-electron chi connectivity index (χ3n) is 6.39. The third kappa shape index (κ3) is 4.71. The summed E-state index contributed by atoms with van der Waals surface area (Å²) in [4.78, 5) is 48.5. The Labute approximate surface area is 216 Å². The summed E-state index contributed by atoms with van der Waals surface area (Å²) in [5, 5.41) is 23.9. The SMILES string of the molecule is CCc1nn(Cc2ccc(NC(=O)c3ccc4c(c3)C(=O)C(=O)NC4=O)cc2)c(CC)c1Cc1nn[nH]n1. The van der Waals surface area contributed by atoms with Gasteiger partial charge in [-0.25, -0.2) is 0 Å². The first-order valence-corrected chi connectivity index (χ1v) is 12.1. The molecule has 2 aromatic heterocycles. The van der Waals surface area contributed by atoms with Crippen LogP contribution in [0.25, 0.3) is 0 Å². The lowest BCUT2D eigenvalue weighted by Gasteiger charge is -2.15. The van der Waals surface area contributed by atoms with Crippen LogP contribution in [-0.2, 0) is 30.6 Å². The number of rotatable bonds is 8. The Hall–Kier alpha value is -5.00. The molecule has 3 heterocycles. The van der Waals surface area contributed by atoms with Crippen LogP contribution in [0.3, 0.4) is 0 Å². The molecule has 12 heteroatoms. The molecular weight excluding hydrogens is 488 g/mol. The van der Waals surface area contributed by atoms with E-state index in [1.54, 1.807) is 12.1 Å². The second-order valence-electron chi connectivity index (χ2n) is 8.77. The van der Waals surface area contributed by atoms with E-state index >= 15 is 0 Å². The summed E-state index contributed by atoms with van der Waals surface area (Å²) < 4.78 is 1.99. The number of aryl methyl sites for hydroxylation is 1. The number of nitrogens with zero attached hydrogens (tertiary/aromatic N) is 5. The molecule has 1 aliphatic heterocycles. The second-order valence-corrected chi connectivity index (χ2v) is 8.77. The van der Waals surface area contributed by atoms with Gasteiger partial charge in [-0.2, -0.15) is 10.3 Å². The molecule has 0 fully saturated rings. The maximum Gasteiger partial charge on any atom is 0.299 e. The highest BCUT2D eigenvalue weighted by Gasteiger charge is 2.31. The van der Waals surface area contributed by atoms with Crippen LogP contribution in [0.4, 0.5) is 5.69 Å². The highest BCUT2D eigenvalue weighted by molar-refractivity contribution is 6.49. The number of benzene rings is 2. The van der Waals surface area contributed by atoms with E-state index < -0.39 is 23.5 Å². The van der Waals surface area contributed by atoms with Gasteiger partial charge in [-0.3, -0.25) is 29.2 Å². The smallest absolute Gasteiger partial charge is 0.299 e. The highest BCUT2D eigenvalue weighted by atomic mass is 16.2. The molecule has 0 saturated carbocycles. The number of hydrogen-bond acceptors (Lipinski definition) is 8. The Morgan fingerprint density at radius 3 is 2.45 bits per heavy atom. The number of tetrazole rings is 1. The predicted octanol–water partition coefficient (Wildman–Crippen LogP) is 1.87. The van der Waals surface area contributed by atoms with E-state index in [2.05, 4.69) is 39.8 Å². The van der Waals surface area contributed by atoms with Crippen molar-refractivity contribution >= 4 is 29.2 Å². The van der Waals surface area contributed by atoms with Crippen LogP contribution in [0.1, 0.15) is 73.3 Å². The summed E-state index contributed by atoms with van der Waals surface area (Å²) in [7, 11) is 0. The molecule has 0 radical (unpaired) electrons. The zero-order valence-electron chi connectivity index (χ0n) is 20.7. The van der Waals surface area contributed by atoms with Crippen molar-refractivity contribution in [2.45, 2.75) is 39.7 Å². The number of Topliss-reactive ketones (excluding diaryl/α,β-unsaturated/α-hetero) is 1. The number of aromatic amines is 1. The van der Waals surface area contributed by atoms with Crippen molar-refractivity contribution in [2.75, 3.05) is 5.32 Å². The summed E-state index contributed by atoms with van der Waals surface area (Å²) in [6.07, 6.45) is 2.14. The minimum Gasteiger partial charge on any atom is -0.322 e. The molecule has 192 valence electrons. The highest BCUT2D eigenvalue weighted by Crippen LogP contribution is 2.22. The molecule has 0 bridgehead atoms. The van der Waals surface area contributed by atoms with Gasteiger partial charge in [0.1, 0.15) is 0 Å². The first kappa shape index (κ1) is 24.7. The van der Waals surface area contributed by atoms with E-state index in [0.29, 0.717) is 24.5 Å². The molecule has 5 rings (SSSR count). The maximum atomic E-state index is 12.8. The van der Waals surface area contributed by atoms with Crippen molar-refractivity contribution in [3.8, 4) is 0 Å². The standard InChI is InChI=1S/C26H24N8O4/c1-3-20-19(12-22-29-32-33-30-22)21(4-2)34(31-20)13-14-5-8-16(9-6-14)27-24(36)15-7-10-17-18(11-15)23(35)26(38)28-25(17)37/h5-11H,3-4,12-13H2,1-2H3,(H,27,36)(H,28,37,38)(H,29,30,32,33). The van der Waals surface area contributed by atoms with Crippen LogP contribution in [0.5, 0.6) is 0 Å². The van der Waals surface area contributed by atoms with Crippen molar-refractivity contribution in [3.63, 3.8) is 0 Å². The van der Waals surface area contributed by atoms with E-state index in [1.165, 1.54) is 18.2 Å². The molecule has 1 aliphatic rings. The van der Waals surface area contributed by atoms with Crippen LogP contribution < -0.4 is 10.6 Å². The number of carbonyl (C=O) groups excluding carboxylic acids is 4. The van der Waals surface area contributed by atoms with Gasteiger partial charge < -0.3 is 5.32 Å².